The molecule has 1 aromatic carbocycles. The minimum atomic E-state index is -0.545. The molecule has 0 aromatic heterocycles. The van der Waals surface area contributed by atoms with Crippen LogP contribution in [0.2, 0.25) is 0 Å². The summed E-state index contributed by atoms with van der Waals surface area (Å²) < 4.78 is 5.66. The predicted molar refractivity (Wildman–Crippen MR) is 74.4 cm³/mol. The predicted octanol–water partition coefficient (Wildman–Crippen LogP) is 1.40. The highest BCUT2D eigenvalue weighted by Gasteiger charge is 2.24. The molecule has 1 aromatic rings. The molecule has 3 N–H and O–H groups in total. The van der Waals surface area contributed by atoms with Gasteiger partial charge in [0.2, 0.25) is 0 Å². The monoisotopic (exact) mass is 265 g/mol. The van der Waals surface area contributed by atoms with E-state index in [1.165, 1.54) is 0 Å². The van der Waals surface area contributed by atoms with Gasteiger partial charge in [0.1, 0.15) is 18.5 Å². The van der Waals surface area contributed by atoms with E-state index in [2.05, 4.69) is 5.32 Å². The minimum Gasteiger partial charge on any atom is -0.490 e. The standard InChI is InChI=1S/C15H23NO3/c1-10(2)16-8-12(17)9-19-14-5-3-4-11-6-7-13(18)15(11)14/h3-5,10,12-13,16-18H,6-9H2,1-2H3. The van der Waals surface area contributed by atoms with Gasteiger partial charge in [0.25, 0.3) is 0 Å². The van der Waals surface area contributed by atoms with Crippen molar-refractivity contribution in [2.75, 3.05) is 13.2 Å². The average molecular weight is 265 g/mol. The first-order chi connectivity index (χ1) is 9.08. The van der Waals surface area contributed by atoms with Crippen LogP contribution < -0.4 is 10.1 Å². The molecule has 0 aliphatic heterocycles. The molecular weight excluding hydrogens is 242 g/mol. The number of rotatable bonds is 6. The Morgan fingerprint density at radius 3 is 2.95 bits per heavy atom. The van der Waals surface area contributed by atoms with E-state index < -0.39 is 12.2 Å². The van der Waals surface area contributed by atoms with Crippen LogP contribution in [0.15, 0.2) is 18.2 Å². The van der Waals surface area contributed by atoms with E-state index in [9.17, 15) is 10.2 Å². The van der Waals surface area contributed by atoms with Gasteiger partial charge in [-0.2, -0.15) is 0 Å². The van der Waals surface area contributed by atoms with Gasteiger partial charge in [-0.1, -0.05) is 26.0 Å². The fourth-order valence-electron chi connectivity index (χ4n) is 2.36. The molecule has 0 radical (unpaired) electrons. The first-order valence-electron chi connectivity index (χ1n) is 6.92. The van der Waals surface area contributed by atoms with Crippen molar-refractivity contribution in [2.24, 2.45) is 0 Å². The SMILES string of the molecule is CC(C)NCC(O)COc1cccc2c1C(O)CC2. The molecule has 0 amide bonds. The van der Waals surface area contributed by atoms with E-state index in [1.54, 1.807) is 0 Å². The Labute approximate surface area is 114 Å². The van der Waals surface area contributed by atoms with Gasteiger partial charge in [-0.05, 0) is 24.5 Å². The van der Waals surface area contributed by atoms with Crippen LogP contribution in [-0.2, 0) is 6.42 Å². The largest absolute Gasteiger partial charge is 0.490 e. The summed E-state index contributed by atoms with van der Waals surface area (Å²) in [6, 6.07) is 6.16. The van der Waals surface area contributed by atoms with Gasteiger partial charge in [0.15, 0.2) is 0 Å². The van der Waals surface area contributed by atoms with Crippen LogP contribution in [0.25, 0.3) is 0 Å². The fraction of sp³-hybridized carbons (Fsp3) is 0.600. The quantitative estimate of drug-likeness (QED) is 0.727. The normalized spacial score (nSPS) is 19.5. The van der Waals surface area contributed by atoms with Crippen molar-refractivity contribution in [2.45, 2.75) is 44.9 Å². The summed E-state index contributed by atoms with van der Waals surface area (Å²) in [5, 5.41) is 22.9. The van der Waals surface area contributed by atoms with Gasteiger partial charge in [0.05, 0.1) is 6.10 Å². The molecular formula is C15H23NO3. The smallest absolute Gasteiger partial charge is 0.125 e. The Morgan fingerprint density at radius 1 is 1.42 bits per heavy atom. The van der Waals surface area contributed by atoms with Gasteiger partial charge in [-0.3, -0.25) is 0 Å². The van der Waals surface area contributed by atoms with Crippen LogP contribution in [0.4, 0.5) is 0 Å². The van der Waals surface area contributed by atoms with Crippen LogP contribution in [0.3, 0.4) is 0 Å². The van der Waals surface area contributed by atoms with Gasteiger partial charge in [0, 0.05) is 18.2 Å². The van der Waals surface area contributed by atoms with E-state index in [4.69, 9.17) is 4.74 Å². The van der Waals surface area contributed by atoms with Crippen LogP contribution in [0, 0.1) is 0 Å². The molecule has 19 heavy (non-hydrogen) atoms. The summed E-state index contributed by atoms with van der Waals surface area (Å²) in [6.07, 6.45) is 0.673. The van der Waals surface area contributed by atoms with E-state index >= 15 is 0 Å². The van der Waals surface area contributed by atoms with Crippen molar-refractivity contribution in [1.82, 2.24) is 5.32 Å². The maximum atomic E-state index is 9.95. The summed E-state index contributed by atoms with van der Waals surface area (Å²) in [4.78, 5) is 0. The third kappa shape index (κ3) is 3.69. The van der Waals surface area contributed by atoms with Gasteiger partial charge in [-0.25, -0.2) is 0 Å². The Kier molecular flexibility index (Phi) is 4.80. The summed E-state index contributed by atoms with van der Waals surface area (Å²) in [5.74, 6) is 0.700. The number of fused-ring (bicyclic) bond motifs is 1. The van der Waals surface area contributed by atoms with E-state index in [-0.39, 0.29) is 6.61 Å². The molecule has 1 aliphatic rings. The average Bonchev–Trinajstić information content (AvgIpc) is 2.76. The second-order valence-corrected chi connectivity index (χ2v) is 5.41. The third-order valence-corrected chi connectivity index (χ3v) is 3.37. The number of aliphatic hydroxyl groups excluding tert-OH is 2. The molecule has 2 rings (SSSR count). The Morgan fingerprint density at radius 2 is 2.21 bits per heavy atom. The zero-order valence-corrected chi connectivity index (χ0v) is 11.6. The molecule has 4 nitrogen and oxygen atoms in total. The summed E-state index contributed by atoms with van der Waals surface area (Å²) >= 11 is 0. The number of nitrogens with one attached hydrogen (secondary N) is 1. The number of benzene rings is 1. The Bertz CT molecular complexity index is 420. The number of hydrogen-bond donors (Lipinski definition) is 3. The highest BCUT2D eigenvalue weighted by molar-refractivity contribution is 5.44. The van der Waals surface area contributed by atoms with Crippen LogP contribution in [0.1, 0.15) is 37.5 Å². The van der Waals surface area contributed by atoms with Gasteiger partial charge in [-0.15, -0.1) is 0 Å². The molecule has 106 valence electrons. The van der Waals surface area contributed by atoms with Crippen LogP contribution in [0.5, 0.6) is 5.75 Å². The second kappa shape index (κ2) is 6.37. The molecule has 0 heterocycles. The lowest BCUT2D eigenvalue weighted by atomic mass is 10.1. The highest BCUT2D eigenvalue weighted by atomic mass is 16.5. The van der Waals surface area contributed by atoms with Crippen molar-refractivity contribution in [1.29, 1.82) is 0 Å². The maximum absolute atomic E-state index is 9.95. The summed E-state index contributed by atoms with van der Waals surface area (Å²) in [6.45, 7) is 4.82. The molecule has 2 unspecified atom stereocenters. The van der Waals surface area contributed by atoms with Crippen molar-refractivity contribution in [3.8, 4) is 5.75 Å². The summed E-state index contributed by atoms with van der Waals surface area (Å²) in [7, 11) is 0. The summed E-state index contributed by atoms with van der Waals surface area (Å²) in [5.41, 5.74) is 2.05. The van der Waals surface area contributed by atoms with E-state index in [0.29, 0.717) is 18.3 Å². The number of aryl methyl sites for hydroxylation is 1. The molecule has 0 fully saturated rings. The molecule has 1 aliphatic carbocycles. The molecule has 4 heteroatoms. The van der Waals surface area contributed by atoms with Crippen molar-refractivity contribution in [3.63, 3.8) is 0 Å². The first kappa shape index (κ1) is 14.3. The van der Waals surface area contributed by atoms with Crippen LogP contribution in [-0.4, -0.2) is 35.5 Å². The van der Waals surface area contributed by atoms with Crippen molar-refractivity contribution in [3.05, 3.63) is 29.3 Å². The van der Waals surface area contributed by atoms with E-state index in [1.807, 2.05) is 32.0 Å². The fourth-order valence-corrected chi connectivity index (χ4v) is 2.36. The lowest BCUT2D eigenvalue weighted by Gasteiger charge is -2.17. The van der Waals surface area contributed by atoms with Gasteiger partial charge < -0.3 is 20.3 Å². The topological polar surface area (TPSA) is 61.7 Å². The maximum Gasteiger partial charge on any atom is 0.125 e. The van der Waals surface area contributed by atoms with Crippen molar-refractivity contribution >= 4 is 0 Å². The lowest BCUT2D eigenvalue weighted by molar-refractivity contribution is 0.101. The van der Waals surface area contributed by atoms with E-state index in [0.717, 1.165) is 24.0 Å². The van der Waals surface area contributed by atoms with Crippen LogP contribution >= 0.6 is 0 Å². The molecule has 0 saturated heterocycles. The third-order valence-electron chi connectivity index (χ3n) is 3.37. The lowest BCUT2D eigenvalue weighted by Crippen LogP contribution is -2.35. The minimum absolute atomic E-state index is 0.239. The number of hydrogen-bond acceptors (Lipinski definition) is 4. The molecule has 0 saturated carbocycles. The van der Waals surface area contributed by atoms with Gasteiger partial charge >= 0.3 is 0 Å². The second-order valence-electron chi connectivity index (χ2n) is 5.41. The highest BCUT2D eigenvalue weighted by Crippen LogP contribution is 2.37. The van der Waals surface area contributed by atoms with Crippen molar-refractivity contribution < 1.29 is 14.9 Å². The molecule has 2 atom stereocenters. The Hall–Kier alpha value is -1.10. The zero-order valence-electron chi connectivity index (χ0n) is 11.6. The number of ether oxygens (including phenoxy) is 1. The number of aliphatic hydroxyl groups is 2. The first-order valence-corrected chi connectivity index (χ1v) is 6.92. The zero-order chi connectivity index (χ0) is 13.8. The molecule has 0 bridgehead atoms. The molecule has 0 spiro atoms. The Balaban J connectivity index is 1.92.